The first-order chi connectivity index (χ1) is 24.8. The molecule has 5 aromatic rings. The van der Waals surface area contributed by atoms with Gasteiger partial charge in [0.15, 0.2) is 0 Å². The number of anilines is 1. The van der Waals surface area contributed by atoms with Crippen LogP contribution in [0, 0.1) is 5.82 Å². The molecule has 1 fully saturated rings. The standard InChI is InChI=1S/C37H33F6N5O4/c1-45(35(49)29-11-6-25(18-30(29)38)37(41,42)43)26-7-12-34(44-20-26)52-28-10-5-24-17-32(46(2)31(24)19-28)36(50)48-15-13-47(14-16-48)21-23-3-8-27(9-4-23)51-22-33(39)40/h3-12,17-20,33H,13-16,21-22H2,1-2H3. The summed E-state index contributed by atoms with van der Waals surface area (Å²) in [6.07, 6.45) is -5.96. The summed E-state index contributed by atoms with van der Waals surface area (Å²) in [7, 11) is 3.14. The number of hydrogen-bond acceptors (Lipinski definition) is 6. The van der Waals surface area contributed by atoms with Crippen molar-refractivity contribution >= 4 is 28.4 Å². The number of pyridine rings is 1. The molecule has 1 saturated heterocycles. The van der Waals surface area contributed by atoms with Crippen LogP contribution in [0.4, 0.5) is 32.0 Å². The van der Waals surface area contributed by atoms with Crippen LogP contribution in [0.2, 0.25) is 0 Å². The smallest absolute Gasteiger partial charge is 0.416 e. The molecular formula is C37H33F6N5O4. The lowest BCUT2D eigenvalue weighted by Gasteiger charge is -2.34. The Labute approximate surface area is 294 Å². The number of fused-ring (bicyclic) bond motifs is 1. The Hall–Kier alpha value is -5.57. The maximum Gasteiger partial charge on any atom is 0.416 e. The number of carbonyl (C=O) groups is 2. The van der Waals surface area contributed by atoms with E-state index in [-0.39, 0.29) is 23.5 Å². The third-order valence-corrected chi connectivity index (χ3v) is 8.76. The predicted octanol–water partition coefficient (Wildman–Crippen LogP) is 7.40. The third kappa shape index (κ3) is 8.15. The maximum absolute atomic E-state index is 14.4. The molecule has 0 N–H and O–H groups in total. The molecule has 0 unspecified atom stereocenters. The van der Waals surface area contributed by atoms with Gasteiger partial charge in [-0.05, 0) is 60.2 Å². The molecule has 9 nitrogen and oxygen atoms in total. The quantitative estimate of drug-likeness (QED) is 0.140. The highest BCUT2D eigenvalue weighted by molar-refractivity contribution is 6.06. The highest BCUT2D eigenvalue weighted by atomic mass is 19.4. The lowest BCUT2D eigenvalue weighted by molar-refractivity contribution is -0.137. The maximum atomic E-state index is 14.4. The molecule has 2 aromatic heterocycles. The summed E-state index contributed by atoms with van der Waals surface area (Å²) in [5.41, 5.74) is 0.820. The Morgan fingerprint density at radius 1 is 0.904 bits per heavy atom. The highest BCUT2D eigenvalue weighted by Crippen LogP contribution is 2.32. The van der Waals surface area contributed by atoms with Crippen molar-refractivity contribution < 1.29 is 45.4 Å². The number of piperazine rings is 1. The summed E-state index contributed by atoms with van der Waals surface area (Å²) in [5.74, 6) is -1.24. The summed E-state index contributed by atoms with van der Waals surface area (Å²) < 4.78 is 90.6. The van der Waals surface area contributed by atoms with Crippen LogP contribution in [-0.4, -0.2) is 77.4 Å². The Balaban J connectivity index is 1.05. The van der Waals surface area contributed by atoms with Crippen molar-refractivity contribution in [1.29, 1.82) is 0 Å². The van der Waals surface area contributed by atoms with Gasteiger partial charge in [-0.1, -0.05) is 12.1 Å². The van der Waals surface area contributed by atoms with Crippen LogP contribution in [0.5, 0.6) is 17.4 Å². The molecule has 3 heterocycles. The number of aromatic nitrogens is 2. The SMILES string of the molecule is CN(C(=O)c1ccc(C(F)(F)F)cc1F)c1ccc(Oc2ccc3cc(C(=O)N4CCN(Cc5ccc(OCC(F)F)cc5)CC4)n(C)c3c2)nc1. The van der Waals surface area contributed by atoms with Crippen molar-refractivity contribution in [3.63, 3.8) is 0 Å². The fourth-order valence-electron chi connectivity index (χ4n) is 5.87. The minimum absolute atomic E-state index is 0.103. The minimum atomic E-state index is -4.74. The Kier molecular flexibility index (Phi) is 10.4. The number of ether oxygens (including phenoxy) is 2. The fourth-order valence-corrected chi connectivity index (χ4v) is 5.87. The molecule has 0 spiro atoms. The fraction of sp³-hybridized carbons (Fsp3) is 0.270. The van der Waals surface area contributed by atoms with E-state index in [0.717, 1.165) is 27.4 Å². The van der Waals surface area contributed by atoms with Gasteiger partial charge in [0.1, 0.15) is 29.6 Å². The summed E-state index contributed by atoms with van der Waals surface area (Å²) in [5, 5.41) is 0.830. The first-order valence-electron chi connectivity index (χ1n) is 16.2. The number of aryl methyl sites for hydroxylation is 1. The average Bonchev–Trinajstić information content (AvgIpc) is 3.45. The van der Waals surface area contributed by atoms with Gasteiger partial charge in [0, 0.05) is 64.3 Å². The summed E-state index contributed by atoms with van der Waals surface area (Å²) in [6, 6.07) is 18.9. The summed E-state index contributed by atoms with van der Waals surface area (Å²) >= 11 is 0. The number of amides is 2. The molecule has 15 heteroatoms. The van der Waals surface area contributed by atoms with E-state index in [0.29, 0.717) is 56.0 Å². The summed E-state index contributed by atoms with van der Waals surface area (Å²) in [6.45, 7) is 2.41. The van der Waals surface area contributed by atoms with E-state index in [1.807, 2.05) is 29.2 Å². The van der Waals surface area contributed by atoms with E-state index < -0.39 is 42.1 Å². The molecule has 0 radical (unpaired) electrons. The minimum Gasteiger partial charge on any atom is -0.488 e. The van der Waals surface area contributed by atoms with Crippen LogP contribution in [0.25, 0.3) is 10.9 Å². The molecule has 2 amide bonds. The largest absolute Gasteiger partial charge is 0.488 e. The van der Waals surface area contributed by atoms with Crippen molar-refractivity contribution in [2.45, 2.75) is 19.1 Å². The van der Waals surface area contributed by atoms with Crippen molar-refractivity contribution in [1.82, 2.24) is 19.4 Å². The van der Waals surface area contributed by atoms with Crippen molar-refractivity contribution in [2.24, 2.45) is 7.05 Å². The Bertz CT molecular complexity index is 2060. The van der Waals surface area contributed by atoms with Gasteiger partial charge < -0.3 is 23.8 Å². The van der Waals surface area contributed by atoms with Crippen molar-refractivity contribution in [3.8, 4) is 17.4 Å². The molecule has 0 bridgehead atoms. The van der Waals surface area contributed by atoms with Crippen molar-refractivity contribution in [3.05, 3.63) is 113 Å². The number of alkyl halides is 5. The van der Waals surface area contributed by atoms with Crippen LogP contribution in [0.1, 0.15) is 32.0 Å². The van der Waals surface area contributed by atoms with Gasteiger partial charge in [-0.2, -0.15) is 13.2 Å². The van der Waals surface area contributed by atoms with Crippen LogP contribution >= 0.6 is 0 Å². The molecule has 1 aliphatic rings. The van der Waals surface area contributed by atoms with E-state index in [2.05, 4.69) is 9.88 Å². The van der Waals surface area contributed by atoms with Crippen LogP contribution < -0.4 is 14.4 Å². The molecule has 0 aliphatic carbocycles. The van der Waals surface area contributed by atoms with Gasteiger partial charge in [-0.3, -0.25) is 14.5 Å². The lowest BCUT2D eigenvalue weighted by Crippen LogP contribution is -2.48. The molecule has 0 saturated carbocycles. The topological polar surface area (TPSA) is 80.1 Å². The zero-order valence-electron chi connectivity index (χ0n) is 28.0. The van der Waals surface area contributed by atoms with E-state index in [9.17, 15) is 35.9 Å². The predicted molar refractivity (Wildman–Crippen MR) is 180 cm³/mol. The zero-order chi connectivity index (χ0) is 37.2. The lowest BCUT2D eigenvalue weighted by atomic mass is 10.1. The number of nitrogens with zero attached hydrogens (tertiary/aromatic N) is 5. The van der Waals surface area contributed by atoms with Gasteiger partial charge >= 0.3 is 6.18 Å². The van der Waals surface area contributed by atoms with E-state index in [1.54, 1.807) is 35.9 Å². The molecule has 52 heavy (non-hydrogen) atoms. The second-order valence-electron chi connectivity index (χ2n) is 12.2. The molecule has 6 rings (SSSR count). The summed E-state index contributed by atoms with van der Waals surface area (Å²) in [4.78, 5) is 35.7. The van der Waals surface area contributed by atoms with Gasteiger partial charge in [-0.25, -0.2) is 18.2 Å². The molecule has 272 valence electrons. The number of rotatable bonds is 10. The number of carbonyl (C=O) groups excluding carboxylic acids is 2. The number of benzene rings is 3. The molecule has 3 aromatic carbocycles. The van der Waals surface area contributed by atoms with Crippen LogP contribution in [-0.2, 0) is 19.8 Å². The first kappa shape index (κ1) is 36.2. The Morgan fingerprint density at radius 3 is 2.25 bits per heavy atom. The molecule has 0 atom stereocenters. The van der Waals surface area contributed by atoms with Gasteiger partial charge in [0.05, 0.1) is 28.5 Å². The highest BCUT2D eigenvalue weighted by Gasteiger charge is 2.32. The Morgan fingerprint density at radius 2 is 1.62 bits per heavy atom. The van der Waals surface area contributed by atoms with Gasteiger partial charge in [0.25, 0.3) is 18.2 Å². The van der Waals surface area contributed by atoms with E-state index >= 15 is 0 Å². The molecule has 1 aliphatic heterocycles. The monoisotopic (exact) mass is 725 g/mol. The normalized spacial score (nSPS) is 13.8. The second-order valence-corrected chi connectivity index (χ2v) is 12.2. The van der Waals surface area contributed by atoms with Crippen LogP contribution in [0.15, 0.2) is 85.1 Å². The van der Waals surface area contributed by atoms with Crippen molar-refractivity contribution in [2.75, 3.05) is 44.7 Å². The molecular weight excluding hydrogens is 692 g/mol. The third-order valence-electron chi connectivity index (χ3n) is 8.76. The van der Waals surface area contributed by atoms with Crippen LogP contribution in [0.3, 0.4) is 0 Å². The zero-order valence-corrected chi connectivity index (χ0v) is 28.0. The first-order valence-corrected chi connectivity index (χ1v) is 16.2. The van der Waals surface area contributed by atoms with Gasteiger partial charge in [0.2, 0.25) is 5.88 Å². The van der Waals surface area contributed by atoms with E-state index in [4.69, 9.17) is 9.47 Å². The second kappa shape index (κ2) is 15.0. The number of halogens is 6. The van der Waals surface area contributed by atoms with E-state index in [1.165, 1.54) is 25.4 Å². The average molecular weight is 726 g/mol. The number of hydrogen-bond donors (Lipinski definition) is 0. The van der Waals surface area contributed by atoms with Gasteiger partial charge in [-0.15, -0.1) is 0 Å².